The molecule has 1 unspecified atom stereocenters. The second kappa shape index (κ2) is 7.28. The van der Waals surface area contributed by atoms with Crippen LogP contribution in [0.5, 0.6) is 0 Å². The summed E-state index contributed by atoms with van der Waals surface area (Å²) in [5, 5.41) is 9.35. The van der Waals surface area contributed by atoms with E-state index in [1.807, 2.05) is 6.92 Å². The molecule has 1 fully saturated rings. The Morgan fingerprint density at radius 3 is 2.38 bits per heavy atom. The molecular formula is C14H24N2O5. The van der Waals surface area contributed by atoms with Gasteiger partial charge in [0.05, 0.1) is 12.0 Å². The average molecular weight is 300 g/mol. The average Bonchev–Trinajstić information content (AvgIpc) is 2.90. The van der Waals surface area contributed by atoms with Gasteiger partial charge in [0.25, 0.3) is 0 Å². The summed E-state index contributed by atoms with van der Waals surface area (Å²) in [4.78, 5) is 38.2. The topological polar surface area (TPSA) is 87.2 Å². The summed E-state index contributed by atoms with van der Waals surface area (Å²) in [7, 11) is 0. The van der Waals surface area contributed by atoms with Crippen LogP contribution in [0.2, 0.25) is 0 Å². The number of carboxylic acids is 1. The summed E-state index contributed by atoms with van der Waals surface area (Å²) in [6.07, 6.45) is 0.928. The molecule has 1 aliphatic heterocycles. The molecule has 7 heteroatoms. The van der Waals surface area contributed by atoms with Gasteiger partial charge in [-0.15, -0.1) is 0 Å². The summed E-state index contributed by atoms with van der Waals surface area (Å²) < 4.78 is 4.84. The largest absolute Gasteiger partial charge is 0.481 e. The number of carboxylic acid groups (broad SMARTS) is 1. The highest BCUT2D eigenvalue weighted by Crippen LogP contribution is 2.34. The monoisotopic (exact) mass is 300 g/mol. The molecule has 1 aliphatic rings. The molecule has 0 aromatic carbocycles. The molecule has 0 saturated carbocycles. The number of urea groups is 1. The lowest BCUT2D eigenvalue weighted by atomic mass is 9.84. The van der Waals surface area contributed by atoms with Crippen LogP contribution >= 0.6 is 0 Å². The normalized spacial score (nSPS) is 21.2. The Bertz CT molecular complexity index is 412. The molecule has 2 amide bonds. The third kappa shape index (κ3) is 3.86. The lowest BCUT2D eigenvalue weighted by Crippen LogP contribution is -2.46. The Kier molecular flexibility index (Phi) is 5.99. The first-order chi connectivity index (χ1) is 9.90. The number of hydrogen-bond acceptors (Lipinski definition) is 4. The minimum atomic E-state index is -0.867. The number of carbonyl (C=O) groups excluding carboxylic acids is 2. The van der Waals surface area contributed by atoms with Crippen LogP contribution in [0.1, 0.15) is 33.6 Å². The number of hydrogen-bond donors (Lipinski definition) is 1. The molecule has 1 rings (SSSR count). The van der Waals surface area contributed by atoms with Crippen molar-refractivity contribution in [3.63, 3.8) is 0 Å². The molecule has 1 saturated heterocycles. The van der Waals surface area contributed by atoms with Gasteiger partial charge >= 0.3 is 18.0 Å². The maximum Gasteiger partial charge on any atom is 0.325 e. The summed E-state index contributed by atoms with van der Waals surface area (Å²) in [6.45, 7) is 6.43. The van der Waals surface area contributed by atoms with Crippen molar-refractivity contribution in [3.05, 3.63) is 0 Å². The third-order valence-electron chi connectivity index (χ3n) is 4.03. The quantitative estimate of drug-likeness (QED) is 0.744. The minimum absolute atomic E-state index is 0.105. The number of nitrogens with zero attached hydrogens (tertiary/aromatic N) is 2. The van der Waals surface area contributed by atoms with Crippen LogP contribution in [-0.4, -0.2) is 65.7 Å². The van der Waals surface area contributed by atoms with Gasteiger partial charge in [-0.3, -0.25) is 9.59 Å². The van der Waals surface area contributed by atoms with Crippen molar-refractivity contribution in [2.24, 2.45) is 5.41 Å². The minimum Gasteiger partial charge on any atom is -0.481 e. The standard InChI is InChI=1S/C14H24N2O5/c1-4-14(12(18)19)7-8-16(10-14)13(20)15(5-2)9-11(17)21-6-3/h4-10H2,1-3H3,(H,18,19). The molecule has 1 atom stereocenters. The maximum absolute atomic E-state index is 12.4. The Morgan fingerprint density at radius 1 is 1.29 bits per heavy atom. The number of carbonyl (C=O) groups is 3. The van der Waals surface area contributed by atoms with Gasteiger partial charge in [-0.05, 0) is 26.7 Å². The number of likely N-dealkylation sites (N-methyl/N-ethyl adjacent to an activating group) is 1. The van der Waals surface area contributed by atoms with E-state index in [9.17, 15) is 19.5 Å². The van der Waals surface area contributed by atoms with E-state index in [1.165, 1.54) is 9.80 Å². The van der Waals surface area contributed by atoms with Crippen molar-refractivity contribution in [1.29, 1.82) is 0 Å². The molecular weight excluding hydrogens is 276 g/mol. The second-order valence-corrected chi connectivity index (χ2v) is 5.21. The molecule has 7 nitrogen and oxygen atoms in total. The lowest BCUT2D eigenvalue weighted by Gasteiger charge is -2.28. The Morgan fingerprint density at radius 2 is 1.95 bits per heavy atom. The number of esters is 1. The van der Waals surface area contributed by atoms with Crippen LogP contribution in [0.25, 0.3) is 0 Å². The lowest BCUT2D eigenvalue weighted by molar-refractivity contribution is -0.148. The van der Waals surface area contributed by atoms with Crippen LogP contribution < -0.4 is 0 Å². The van der Waals surface area contributed by atoms with Gasteiger partial charge in [0.15, 0.2) is 0 Å². The zero-order chi connectivity index (χ0) is 16.0. The Hall–Kier alpha value is -1.79. The molecule has 120 valence electrons. The van der Waals surface area contributed by atoms with Crippen molar-refractivity contribution >= 4 is 18.0 Å². The zero-order valence-corrected chi connectivity index (χ0v) is 12.9. The third-order valence-corrected chi connectivity index (χ3v) is 4.03. The molecule has 0 bridgehead atoms. The van der Waals surface area contributed by atoms with Crippen molar-refractivity contribution in [2.75, 3.05) is 32.8 Å². The highest BCUT2D eigenvalue weighted by Gasteiger charge is 2.45. The second-order valence-electron chi connectivity index (χ2n) is 5.21. The van der Waals surface area contributed by atoms with Crippen LogP contribution in [0.3, 0.4) is 0 Å². The van der Waals surface area contributed by atoms with E-state index in [0.29, 0.717) is 25.9 Å². The first-order valence-corrected chi connectivity index (χ1v) is 7.33. The Balaban J connectivity index is 2.70. The van der Waals surface area contributed by atoms with Crippen LogP contribution in [-0.2, 0) is 14.3 Å². The highest BCUT2D eigenvalue weighted by atomic mass is 16.5. The fourth-order valence-electron chi connectivity index (χ4n) is 2.53. The van der Waals surface area contributed by atoms with Gasteiger partial charge in [0, 0.05) is 19.6 Å². The fourth-order valence-corrected chi connectivity index (χ4v) is 2.53. The van der Waals surface area contributed by atoms with Gasteiger partial charge < -0.3 is 19.6 Å². The number of amides is 2. The number of ether oxygens (including phenoxy) is 1. The van der Waals surface area contributed by atoms with E-state index in [4.69, 9.17) is 4.74 Å². The van der Waals surface area contributed by atoms with Gasteiger partial charge in [-0.1, -0.05) is 6.92 Å². The van der Waals surface area contributed by atoms with Crippen LogP contribution in [0.4, 0.5) is 4.79 Å². The van der Waals surface area contributed by atoms with Gasteiger partial charge in [0.2, 0.25) is 0 Å². The molecule has 0 aromatic rings. The van der Waals surface area contributed by atoms with E-state index in [-0.39, 0.29) is 25.7 Å². The molecule has 21 heavy (non-hydrogen) atoms. The first kappa shape index (κ1) is 17.3. The Labute approximate surface area is 124 Å². The van der Waals surface area contributed by atoms with Crippen molar-refractivity contribution in [3.8, 4) is 0 Å². The van der Waals surface area contributed by atoms with Crippen molar-refractivity contribution in [2.45, 2.75) is 33.6 Å². The maximum atomic E-state index is 12.4. The SMILES string of the molecule is CCOC(=O)CN(CC)C(=O)N1CCC(CC)(C(=O)O)C1. The summed E-state index contributed by atoms with van der Waals surface area (Å²) in [6, 6.07) is -0.304. The van der Waals surface area contributed by atoms with Gasteiger partial charge in [-0.25, -0.2) is 4.79 Å². The highest BCUT2D eigenvalue weighted by molar-refractivity contribution is 5.83. The van der Waals surface area contributed by atoms with Gasteiger partial charge in [0.1, 0.15) is 6.54 Å². The predicted molar refractivity (Wildman–Crippen MR) is 75.8 cm³/mol. The molecule has 0 spiro atoms. The summed E-state index contributed by atoms with van der Waals surface area (Å²) in [5.74, 6) is -1.32. The number of likely N-dealkylation sites (tertiary alicyclic amines) is 1. The molecule has 1 heterocycles. The molecule has 0 radical (unpaired) electrons. The zero-order valence-electron chi connectivity index (χ0n) is 12.9. The smallest absolute Gasteiger partial charge is 0.325 e. The van der Waals surface area contributed by atoms with E-state index < -0.39 is 17.4 Å². The van der Waals surface area contributed by atoms with Crippen LogP contribution in [0, 0.1) is 5.41 Å². The first-order valence-electron chi connectivity index (χ1n) is 7.33. The van der Waals surface area contributed by atoms with E-state index in [1.54, 1.807) is 13.8 Å². The predicted octanol–water partition coefficient (Wildman–Crippen LogP) is 1.18. The van der Waals surface area contributed by atoms with E-state index in [0.717, 1.165) is 0 Å². The van der Waals surface area contributed by atoms with Crippen molar-refractivity contribution < 1.29 is 24.2 Å². The van der Waals surface area contributed by atoms with E-state index in [2.05, 4.69) is 0 Å². The number of aliphatic carboxylic acids is 1. The summed E-state index contributed by atoms with van der Waals surface area (Å²) >= 11 is 0. The molecule has 1 N–H and O–H groups in total. The van der Waals surface area contributed by atoms with E-state index >= 15 is 0 Å². The fraction of sp³-hybridized carbons (Fsp3) is 0.786. The number of rotatable bonds is 6. The summed E-state index contributed by atoms with van der Waals surface area (Å²) in [5.41, 5.74) is -0.862. The van der Waals surface area contributed by atoms with Gasteiger partial charge in [-0.2, -0.15) is 0 Å². The molecule has 0 aliphatic carbocycles. The molecule has 0 aromatic heterocycles. The van der Waals surface area contributed by atoms with Crippen molar-refractivity contribution in [1.82, 2.24) is 9.80 Å². The van der Waals surface area contributed by atoms with Crippen LogP contribution in [0.15, 0.2) is 0 Å².